The van der Waals surface area contributed by atoms with Gasteiger partial charge in [0.25, 0.3) is 17.7 Å². The molecular formula is C33H25FN4O3. The second-order valence-corrected chi connectivity index (χ2v) is 10.4. The Hall–Kier alpha value is -4.98. The summed E-state index contributed by atoms with van der Waals surface area (Å²) in [6, 6.07) is 21.8. The van der Waals surface area contributed by atoms with Gasteiger partial charge in [0.05, 0.1) is 34.8 Å². The van der Waals surface area contributed by atoms with E-state index in [1.807, 2.05) is 6.07 Å². The van der Waals surface area contributed by atoms with E-state index in [0.717, 1.165) is 41.8 Å². The van der Waals surface area contributed by atoms with Gasteiger partial charge < -0.3 is 4.90 Å². The van der Waals surface area contributed by atoms with Crippen molar-refractivity contribution in [3.63, 3.8) is 0 Å². The molecule has 1 atom stereocenters. The van der Waals surface area contributed by atoms with E-state index >= 15 is 4.39 Å². The Morgan fingerprint density at radius 2 is 1.39 bits per heavy atom. The zero-order chi connectivity index (χ0) is 28.1. The summed E-state index contributed by atoms with van der Waals surface area (Å²) in [6.07, 6.45) is 4.17. The molecule has 1 aliphatic carbocycles. The summed E-state index contributed by atoms with van der Waals surface area (Å²) in [5.41, 5.74) is 4.92. The normalized spacial score (nSPS) is 18.0. The number of para-hydroxylation sites is 1. The number of imide groups is 1. The Bertz CT molecular complexity index is 1750. The molecule has 41 heavy (non-hydrogen) atoms. The van der Waals surface area contributed by atoms with Gasteiger partial charge in [0.2, 0.25) is 6.17 Å². The topological polar surface area (TPSA) is 82.9 Å². The van der Waals surface area contributed by atoms with Crippen LogP contribution in [0.3, 0.4) is 0 Å². The van der Waals surface area contributed by atoms with Crippen molar-refractivity contribution in [3.05, 3.63) is 130 Å². The van der Waals surface area contributed by atoms with E-state index in [0.29, 0.717) is 11.3 Å². The smallest absolute Gasteiger partial charge is 0.273 e. The van der Waals surface area contributed by atoms with Crippen LogP contribution in [-0.4, -0.2) is 39.5 Å². The molecule has 0 bridgehead atoms. The zero-order valence-corrected chi connectivity index (χ0v) is 22.1. The first-order chi connectivity index (χ1) is 20.0. The molecule has 1 aromatic heterocycles. The maximum absolute atomic E-state index is 15.3. The molecule has 3 aliphatic rings. The van der Waals surface area contributed by atoms with Crippen LogP contribution in [0.4, 0.5) is 10.1 Å². The number of carbonyl (C=O) groups is 3. The summed E-state index contributed by atoms with van der Waals surface area (Å²) < 4.78 is 15.3. The van der Waals surface area contributed by atoms with Gasteiger partial charge in [-0.25, -0.2) is 14.3 Å². The number of amides is 3. The third kappa shape index (κ3) is 4.06. The molecule has 0 radical (unpaired) electrons. The minimum atomic E-state index is -1.54. The molecule has 0 fully saturated rings. The summed E-state index contributed by atoms with van der Waals surface area (Å²) in [7, 11) is 0. The number of hydrogen-bond donors (Lipinski definition) is 0. The lowest BCUT2D eigenvalue weighted by atomic mass is 9.91. The van der Waals surface area contributed by atoms with Gasteiger partial charge in [0.1, 0.15) is 5.82 Å². The number of benzodiazepines with no additional fused rings is 1. The maximum atomic E-state index is 15.3. The third-order valence-corrected chi connectivity index (χ3v) is 8.06. The Kier molecular flexibility index (Phi) is 6.03. The van der Waals surface area contributed by atoms with Gasteiger partial charge in [0, 0.05) is 17.3 Å². The van der Waals surface area contributed by atoms with Crippen LogP contribution in [0.5, 0.6) is 0 Å². The highest BCUT2D eigenvalue weighted by molar-refractivity contribution is 6.25. The van der Waals surface area contributed by atoms with E-state index in [4.69, 9.17) is 4.99 Å². The van der Waals surface area contributed by atoms with E-state index < -0.39 is 29.7 Å². The summed E-state index contributed by atoms with van der Waals surface area (Å²) in [4.78, 5) is 53.5. The molecule has 3 aromatic carbocycles. The molecule has 0 N–H and O–H groups in total. The molecule has 0 unspecified atom stereocenters. The average Bonchev–Trinajstić information content (AvgIpc) is 3.19. The lowest BCUT2D eigenvalue weighted by molar-refractivity contribution is -0.122. The first kappa shape index (κ1) is 25.0. The summed E-state index contributed by atoms with van der Waals surface area (Å²) in [5, 5.41) is 0. The molecule has 8 heteroatoms. The van der Waals surface area contributed by atoms with Gasteiger partial charge in [-0.05, 0) is 73.2 Å². The SMILES string of the molecule is O=C1[C@H](N2C(=O)c3ccccc3C2=O)N=C(c2ccccc2F)c2ccccc2N1Cc1nccc2c1CCCC2. The second kappa shape index (κ2) is 9.89. The fraction of sp³-hybridized carbons (Fsp3) is 0.182. The molecule has 7 nitrogen and oxygen atoms in total. The number of aromatic nitrogens is 1. The van der Waals surface area contributed by atoms with Crippen LogP contribution >= 0.6 is 0 Å². The number of benzene rings is 3. The van der Waals surface area contributed by atoms with Gasteiger partial charge in [-0.1, -0.05) is 42.5 Å². The van der Waals surface area contributed by atoms with Crippen molar-refractivity contribution in [2.75, 3.05) is 4.90 Å². The van der Waals surface area contributed by atoms with Crippen LogP contribution < -0.4 is 4.90 Å². The highest BCUT2D eigenvalue weighted by atomic mass is 19.1. The van der Waals surface area contributed by atoms with E-state index in [9.17, 15) is 14.4 Å². The Morgan fingerprint density at radius 3 is 2.12 bits per heavy atom. The van der Waals surface area contributed by atoms with Crippen LogP contribution in [0.2, 0.25) is 0 Å². The number of fused-ring (bicyclic) bond motifs is 3. The largest absolute Gasteiger partial charge is 0.302 e. The van der Waals surface area contributed by atoms with Gasteiger partial charge in [-0.3, -0.25) is 19.4 Å². The number of hydrogen-bond acceptors (Lipinski definition) is 5. The lowest BCUT2D eigenvalue weighted by Crippen LogP contribution is -2.49. The van der Waals surface area contributed by atoms with Crippen molar-refractivity contribution in [3.8, 4) is 0 Å². The van der Waals surface area contributed by atoms with Gasteiger partial charge >= 0.3 is 0 Å². The van der Waals surface area contributed by atoms with E-state index in [2.05, 4.69) is 4.98 Å². The lowest BCUT2D eigenvalue weighted by Gasteiger charge is -2.29. The van der Waals surface area contributed by atoms with Crippen molar-refractivity contribution in [1.29, 1.82) is 0 Å². The van der Waals surface area contributed by atoms with Crippen LogP contribution in [0.1, 0.15) is 61.5 Å². The van der Waals surface area contributed by atoms with Crippen molar-refractivity contribution in [2.24, 2.45) is 4.99 Å². The monoisotopic (exact) mass is 544 g/mol. The van der Waals surface area contributed by atoms with Crippen LogP contribution in [0.15, 0.2) is 90.1 Å². The summed E-state index contributed by atoms with van der Waals surface area (Å²) in [6.45, 7) is 0.124. The number of halogens is 1. The first-order valence-corrected chi connectivity index (χ1v) is 13.7. The molecule has 7 rings (SSSR count). The number of rotatable bonds is 4. The average molecular weight is 545 g/mol. The number of aryl methyl sites for hydroxylation is 1. The molecule has 3 heterocycles. The number of carbonyl (C=O) groups excluding carboxylic acids is 3. The van der Waals surface area contributed by atoms with Crippen molar-refractivity contribution < 1.29 is 18.8 Å². The van der Waals surface area contributed by atoms with Gasteiger partial charge in [-0.2, -0.15) is 0 Å². The molecule has 4 aromatic rings. The summed E-state index contributed by atoms with van der Waals surface area (Å²) >= 11 is 0. The van der Waals surface area contributed by atoms with Crippen LogP contribution in [-0.2, 0) is 24.2 Å². The number of anilines is 1. The second-order valence-electron chi connectivity index (χ2n) is 10.4. The maximum Gasteiger partial charge on any atom is 0.273 e. The molecule has 3 amide bonds. The fourth-order valence-corrected chi connectivity index (χ4v) is 6.07. The number of nitrogens with zero attached hydrogens (tertiary/aromatic N) is 4. The van der Waals surface area contributed by atoms with Crippen LogP contribution in [0, 0.1) is 5.82 Å². The van der Waals surface area contributed by atoms with E-state index in [-0.39, 0.29) is 28.9 Å². The zero-order valence-electron chi connectivity index (χ0n) is 22.1. The van der Waals surface area contributed by atoms with Crippen LogP contribution in [0.25, 0.3) is 0 Å². The predicted octanol–water partition coefficient (Wildman–Crippen LogP) is 5.11. The molecule has 0 spiro atoms. The molecule has 0 saturated carbocycles. The van der Waals surface area contributed by atoms with Crippen molar-refractivity contribution in [1.82, 2.24) is 9.88 Å². The highest BCUT2D eigenvalue weighted by Crippen LogP contribution is 2.35. The number of pyridine rings is 1. The van der Waals surface area contributed by atoms with Crippen molar-refractivity contribution >= 4 is 29.1 Å². The standard InChI is InChI=1S/C33H25FN4O3/c34-26-15-7-5-13-24(26)29-25-14-6-8-16-28(25)37(19-27-21-10-2-1-9-20(21)17-18-35-27)33(41)30(36-29)38-31(39)22-11-3-4-12-23(22)32(38)40/h3-8,11-18,30H,1-2,9-10,19H2/t30-/m0/s1. The minimum absolute atomic E-state index is 0.124. The Labute approximate surface area is 236 Å². The summed E-state index contributed by atoms with van der Waals surface area (Å²) in [5.74, 6) is -2.31. The van der Waals surface area contributed by atoms with Crippen molar-refractivity contribution in [2.45, 2.75) is 38.4 Å². The Balaban J connectivity index is 1.42. The molecule has 202 valence electrons. The predicted molar refractivity (Wildman–Crippen MR) is 151 cm³/mol. The third-order valence-electron chi connectivity index (χ3n) is 8.06. The minimum Gasteiger partial charge on any atom is -0.302 e. The van der Waals surface area contributed by atoms with Gasteiger partial charge in [-0.15, -0.1) is 0 Å². The Morgan fingerprint density at radius 1 is 0.756 bits per heavy atom. The van der Waals surface area contributed by atoms with Gasteiger partial charge in [0.15, 0.2) is 0 Å². The van der Waals surface area contributed by atoms with E-state index in [1.54, 1.807) is 72.9 Å². The molecule has 0 saturated heterocycles. The number of aliphatic imine (C=N–C) groups is 1. The highest BCUT2D eigenvalue weighted by Gasteiger charge is 2.46. The fourth-order valence-electron chi connectivity index (χ4n) is 6.07. The first-order valence-electron chi connectivity index (χ1n) is 13.7. The molecular weight excluding hydrogens is 519 g/mol. The molecule has 2 aliphatic heterocycles. The quantitative estimate of drug-likeness (QED) is 0.335. The van der Waals surface area contributed by atoms with E-state index in [1.165, 1.54) is 16.5 Å².